The lowest BCUT2D eigenvalue weighted by molar-refractivity contribution is -0.147. The normalized spacial score (nSPS) is 18.3. The van der Waals surface area contributed by atoms with Crippen LogP contribution in [0.2, 0.25) is 0 Å². The van der Waals surface area contributed by atoms with Crippen LogP contribution in [0.15, 0.2) is 40.4 Å². The first-order chi connectivity index (χ1) is 15.0. The largest absolute Gasteiger partial charge is 0.463 e. The Morgan fingerprint density at radius 3 is 2.44 bits per heavy atom. The highest BCUT2D eigenvalue weighted by Gasteiger charge is 2.33. The molecule has 0 aliphatic carbocycles. The summed E-state index contributed by atoms with van der Waals surface area (Å²) in [5, 5.41) is 14.7. The van der Waals surface area contributed by atoms with Gasteiger partial charge in [0.05, 0.1) is 34.9 Å². The van der Waals surface area contributed by atoms with E-state index in [9.17, 15) is 32.3 Å². The number of carbonyl (C=O) groups excluding carboxylic acids is 3. The topological polar surface area (TPSA) is 160 Å². The lowest BCUT2D eigenvalue weighted by Crippen LogP contribution is -2.51. The highest BCUT2D eigenvalue weighted by Crippen LogP contribution is 2.16. The van der Waals surface area contributed by atoms with E-state index in [1.807, 2.05) is 4.72 Å². The summed E-state index contributed by atoms with van der Waals surface area (Å²) in [6, 6.07) is 0.742. The zero-order valence-electron chi connectivity index (χ0n) is 17.5. The molecule has 1 heterocycles. The molecule has 2 amide bonds. The smallest absolute Gasteiger partial charge is 0.338 e. The molecule has 0 radical (unpaired) electrons. The Morgan fingerprint density at radius 1 is 1.25 bits per heavy atom. The van der Waals surface area contributed by atoms with E-state index in [0.717, 1.165) is 31.2 Å². The fourth-order valence-corrected chi connectivity index (χ4v) is 4.08. The maximum atomic E-state index is 13.1. The number of carbonyl (C=O) groups is 3. The fourth-order valence-electron chi connectivity index (χ4n) is 2.82. The van der Waals surface area contributed by atoms with Crippen molar-refractivity contribution in [2.24, 2.45) is 0 Å². The van der Waals surface area contributed by atoms with Gasteiger partial charge in [0.2, 0.25) is 10.0 Å². The van der Waals surface area contributed by atoms with Gasteiger partial charge in [-0.1, -0.05) is 0 Å². The third-order valence-corrected chi connectivity index (χ3v) is 5.82. The molecule has 0 unspecified atom stereocenters. The minimum absolute atomic E-state index is 0.0275. The van der Waals surface area contributed by atoms with Crippen LogP contribution in [-0.2, 0) is 29.1 Å². The second-order valence-corrected chi connectivity index (χ2v) is 8.55. The molecule has 0 saturated carbocycles. The van der Waals surface area contributed by atoms with Crippen molar-refractivity contribution in [3.05, 3.63) is 41.4 Å². The van der Waals surface area contributed by atoms with Crippen LogP contribution in [0.1, 0.15) is 20.8 Å². The Balaban J connectivity index is 2.20. The monoisotopic (exact) mass is 473 g/mol. The average Bonchev–Trinajstić information content (AvgIpc) is 2.70. The second kappa shape index (κ2) is 10.5. The van der Waals surface area contributed by atoms with Gasteiger partial charge < -0.3 is 25.2 Å². The van der Waals surface area contributed by atoms with Crippen molar-refractivity contribution in [1.82, 2.24) is 15.4 Å². The molecule has 1 aliphatic heterocycles. The Hall–Kier alpha value is -3.03. The summed E-state index contributed by atoms with van der Waals surface area (Å²) < 4.78 is 50.0. The number of hydrogen-bond donors (Lipinski definition) is 4. The standard InChI is InChI=1S/C19H24FN3O8S/c1-4-30-17(25)15-10(2)21-19(27)22-14(15)9-31-18(26)16(11(3)24)23-32(28,29)13-7-5-12(20)6-8-13/h5-8,10-11,16,23-24H,4,9H2,1-3H3,(H2,21,22,27)/t10-,11+,16+/m1/s1. The van der Waals surface area contributed by atoms with Crippen LogP contribution in [0.5, 0.6) is 0 Å². The number of aliphatic hydroxyl groups excluding tert-OH is 1. The SMILES string of the molecule is CCOC(=O)C1=C(COC(=O)[C@@H](NS(=O)(=O)c2ccc(F)cc2)[C@H](C)O)NC(=O)N[C@@H]1C. The van der Waals surface area contributed by atoms with E-state index >= 15 is 0 Å². The number of nitrogens with one attached hydrogen (secondary N) is 3. The van der Waals surface area contributed by atoms with Gasteiger partial charge in [-0.15, -0.1) is 0 Å². The van der Waals surface area contributed by atoms with Crippen LogP contribution in [0.3, 0.4) is 0 Å². The quantitative estimate of drug-likeness (QED) is 0.362. The molecular weight excluding hydrogens is 449 g/mol. The number of aliphatic hydroxyl groups is 1. The molecule has 0 fully saturated rings. The van der Waals surface area contributed by atoms with Crippen LogP contribution in [0, 0.1) is 5.82 Å². The van der Waals surface area contributed by atoms with Crippen LogP contribution in [0.4, 0.5) is 9.18 Å². The van der Waals surface area contributed by atoms with Crippen LogP contribution >= 0.6 is 0 Å². The van der Waals surface area contributed by atoms with E-state index in [-0.39, 0.29) is 22.8 Å². The number of benzene rings is 1. The van der Waals surface area contributed by atoms with E-state index in [1.54, 1.807) is 6.92 Å². The molecule has 1 aromatic rings. The number of rotatable bonds is 9. The van der Waals surface area contributed by atoms with E-state index in [1.165, 1.54) is 6.92 Å². The molecule has 11 nitrogen and oxygen atoms in total. The van der Waals surface area contributed by atoms with Crippen molar-refractivity contribution in [2.75, 3.05) is 13.2 Å². The van der Waals surface area contributed by atoms with Gasteiger partial charge in [0.25, 0.3) is 0 Å². The molecular formula is C19H24FN3O8S. The molecule has 1 aromatic carbocycles. The minimum atomic E-state index is -4.30. The molecule has 1 aliphatic rings. The number of esters is 2. The van der Waals surface area contributed by atoms with Gasteiger partial charge in [-0.05, 0) is 45.0 Å². The van der Waals surface area contributed by atoms with Crippen molar-refractivity contribution in [3.8, 4) is 0 Å². The van der Waals surface area contributed by atoms with Gasteiger partial charge in [-0.3, -0.25) is 4.79 Å². The van der Waals surface area contributed by atoms with Crippen molar-refractivity contribution in [3.63, 3.8) is 0 Å². The molecule has 0 saturated heterocycles. The molecule has 3 atom stereocenters. The minimum Gasteiger partial charge on any atom is -0.463 e. The fraction of sp³-hybridized carbons (Fsp3) is 0.421. The van der Waals surface area contributed by atoms with Crippen LogP contribution in [0.25, 0.3) is 0 Å². The average molecular weight is 473 g/mol. The van der Waals surface area contributed by atoms with Crippen molar-refractivity contribution < 1.29 is 41.8 Å². The van der Waals surface area contributed by atoms with E-state index in [4.69, 9.17) is 9.47 Å². The first-order valence-electron chi connectivity index (χ1n) is 9.56. The molecule has 2 rings (SSSR count). The van der Waals surface area contributed by atoms with Gasteiger partial charge in [-0.2, -0.15) is 4.72 Å². The molecule has 0 bridgehead atoms. The van der Waals surface area contributed by atoms with Crippen LogP contribution in [-0.4, -0.2) is 62.9 Å². The van der Waals surface area contributed by atoms with E-state index in [2.05, 4.69) is 10.6 Å². The van der Waals surface area contributed by atoms with E-state index < -0.39 is 58.6 Å². The highest BCUT2D eigenvalue weighted by molar-refractivity contribution is 7.89. The Morgan fingerprint density at radius 2 is 1.88 bits per heavy atom. The van der Waals surface area contributed by atoms with Crippen molar-refractivity contribution in [2.45, 2.75) is 43.9 Å². The number of hydrogen-bond acceptors (Lipinski definition) is 8. The first-order valence-corrected chi connectivity index (χ1v) is 11.0. The van der Waals surface area contributed by atoms with Gasteiger partial charge in [0.1, 0.15) is 18.5 Å². The zero-order chi connectivity index (χ0) is 24.1. The van der Waals surface area contributed by atoms with Crippen molar-refractivity contribution in [1.29, 1.82) is 0 Å². The number of amides is 2. The number of sulfonamides is 1. The maximum absolute atomic E-state index is 13.1. The lowest BCUT2D eigenvalue weighted by Gasteiger charge is -2.27. The molecule has 176 valence electrons. The highest BCUT2D eigenvalue weighted by atomic mass is 32.2. The summed E-state index contributed by atoms with van der Waals surface area (Å²) in [6.45, 7) is 3.77. The number of ether oxygens (including phenoxy) is 2. The van der Waals surface area contributed by atoms with Gasteiger partial charge in [0, 0.05) is 0 Å². The summed E-state index contributed by atoms with van der Waals surface area (Å²) in [4.78, 5) is 36.2. The number of halogens is 1. The summed E-state index contributed by atoms with van der Waals surface area (Å²) >= 11 is 0. The van der Waals surface area contributed by atoms with Gasteiger partial charge in [-0.25, -0.2) is 22.4 Å². The Kier molecular flexibility index (Phi) is 8.30. The third kappa shape index (κ3) is 6.24. The zero-order valence-corrected chi connectivity index (χ0v) is 18.4. The predicted octanol–water partition coefficient (Wildman–Crippen LogP) is -0.0849. The molecule has 0 spiro atoms. The summed E-state index contributed by atoms with van der Waals surface area (Å²) in [7, 11) is -4.30. The Bertz CT molecular complexity index is 1010. The molecule has 13 heteroatoms. The summed E-state index contributed by atoms with van der Waals surface area (Å²) in [6.07, 6.45) is -1.50. The lowest BCUT2D eigenvalue weighted by atomic mass is 10.0. The van der Waals surface area contributed by atoms with Crippen molar-refractivity contribution >= 4 is 28.0 Å². The Labute approximate surface area is 184 Å². The third-order valence-electron chi connectivity index (χ3n) is 4.37. The second-order valence-electron chi connectivity index (χ2n) is 6.83. The summed E-state index contributed by atoms with van der Waals surface area (Å²) in [5.74, 6) is -2.55. The first kappa shape index (κ1) is 25.2. The molecule has 4 N–H and O–H groups in total. The molecule has 32 heavy (non-hydrogen) atoms. The van der Waals surface area contributed by atoms with Crippen LogP contribution < -0.4 is 15.4 Å². The van der Waals surface area contributed by atoms with Gasteiger partial charge >= 0.3 is 18.0 Å². The maximum Gasteiger partial charge on any atom is 0.338 e. The van der Waals surface area contributed by atoms with Gasteiger partial charge in [0.15, 0.2) is 0 Å². The predicted molar refractivity (Wildman–Crippen MR) is 108 cm³/mol. The number of urea groups is 1. The van der Waals surface area contributed by atoms with E-state index in [0.29, 0.717) is 0 Å². The summed E-state index contributed by atoms with van der Waals surface area (Å²) in [5.41, 5.74) is -0.0153. The molecule has 0 aromatic heterocycles.